The van der Waals surface area contributed by atoms with E-state index in [0.29, 0.717) is 18.9 Å². The van der Waals surface area contributed by atoms with Crippen LogP contribution in [0.5, 0.6) is 0 Å². The van der Waals surface area contributed by atoms with E-state index >= 15 is 0 Å². The Morgan fingerprint density at radius 2 is 1.90 bits per heavy atom. The zero-order chi connectivity index (χ0) is 13.2. The highest BCUT2D eigenvalue weighted by molar-refractivity contribution is 5.90. The third-order valence-electron chi connectivity index (χ3n) is 4.81. The number of likely N-dealkylation sites (tertiary alicyclic amines) is 1. The van der Waals surface area contributed by atoms with E-state index in [-0.39, 0.29) is 30.3 Å². The zero-order valence-electron chi connectivity index (χ0n) is 11.8. The summed E-state index contributed by atoms with van der Waals surface area (Å²) in [5.41, 5.74) is 0. The molecule has 1 unspecified atom stereocenters. The van der Waals surface area contributed by atoms with Crippen molar-refractivity contribution < 1.29 is 9.59 Å². The van der Waals surface area contributed by atoms with Crippen LogP contribution in [-0.2, 0) is 9.59 Å². The molecule has 2 amide bonds. The number of amides is 2. The topological polar surface area (TPSA) is 61.4 Å². The number of halogens is 1. The number of hydrogen-bond acceptors (Lipinski definition) is 3. The standard InChI is InChI=1S/C14H23N3O2.ClH/c18-13-4-3-12(16-13)14(19)17-8-5-10(6-9-17)11-2-1-7-15-11;/h10-12,15H,1-9H2,(H,16,18);1H/t11?,12-;/m1./s1. The molecule has 0 saturated carbocycles. The molecule has 0 aromatic carbocycles. The van der Waals surface area contributed by atoms with Gasteiger partial charge < -0.3 is 15.5 Å². The Bertz CT molecular complexity index is 363. The summed E-state index contributed by atoms with van der Waals surface area (Å²) in [6.07, 6.45) is 5.95. The zero-order valence-corrected chi connectivity index (χ0v) is 12.6. The number of piperidine rings is 1. The van der Waals surface area contributed by atoms with Crippen LogP contribution in [0.1, 0.15) is 38.5 Å². The second-order valence-corrected chi connectivity index (χ2v) is 6.02. The predicted molar refractivity (Wildman–Crippen MR) is 78.7 cm³/mol. The summed E-state index contributed by atoms with van der Waals surface area (Å²) in [7, 11) is 0. The van der Waals surface area contributed by atoms with Gasteiger partial charge in [0.15, 0.2) is 0 Å². The smallest absolute Gasteiger partial charge is 0.245 e. The molecule has 3 rings (SSSR count). The van der Waals surface area contributed by atoms with E-state index in [1.807, 2.05) is 4.90 Å². The first-order valence-corrected chi connectivity index (χ1v) is 7.55. The van der Waals surface area contributed by atoms with Gasteiger partial charge in [-0.15, -0.1) is 12.4 Å². The van der Waals surface area contributed by atoms with E-state index in [1.54, 1.807) is 0 Å². The lowest BCUT2D eigenvalue weighted by molar-refractivity contribution is -0.135. The number of carbonyl (C=O) groups excluding carboxylic acids is 2. The Balaban J connectivity index is 0.00000147. The molecular weight excluding hydrogens is 278 g/mol. The Morgan fingerprint density at radius 3 is 2.45 bits per heavy atom. The van der Waals surface area contributed by atoms with Crippen LogP contribution in [-0.4, -0.2) is 48.4 Å². The summed E-state index contributed by atoms with van der Waals surface area (Å²) in [6.45, 7) is 2.86. The summed E-state index contributed by atoms with van der Waals surface area (Å²) < 4.78 is 0. The monoisotopic (exact) mass is 301 g/mol. The molecule has 3 heterocycles. The quantitative estimate of drug-likeness (QED) is 0.788. The third-order valence-corrected chi connectivity index (χ3v) is 4.81. The van der Waals surface area contributed by atoms with Crippen molar-refractivity contribution in [1.82, 2.24) is 15.5 Å². The van der Waals surface area contributed by atoms with Gasteiger partial charge >= 0.3 is 0 Å². The van der Waals surface area contributed by atoms with Crippen LogP contribution in [0.25, 0.3) is 0 Å². The Labute approximate surface area is 126 Å². The molecule has 2 atom stereocenters. The SMILES string of the molecule is Cl.O=C1CC[C@H](C(=O)N2CCC(C3CCCN3)CC2)N1. The normalized spacial score (nSPS) is 31.0. The molecule has 3 fully saturated rings. The van der Waals surface area contributed by atoms with Gasteiger partial charge in [0, 0.05) is 25.6 Å². The minimum Gasteiger partial charge on any atom is -0.344 e. The van der Waals surface area contributed by atoms with E-state index in [2.05, 4.69) is 10.6 Å². The summed E-state index contributed by atoms with van der Waals surface area (Å²) >= 11 is 0. The van der Waals surface area contributed by atoms with Gasteiger partial charge in [-0.3, -0.25) is 9.59 Å². The van der Waals surface area contributed by atoms with Crippen LogP contribution in [0, 0.1) is 5.92 Å². The fourth-order valence-electron chi connectivity index (χ4n) is 3.66. The van der Waals surface area contributed by atoms with Crippen molar-refractivity contribution in [1.29, 1.82) is 0 Å². The maximum atomic E-state index is 12.3. The van der Waals surface area contributed by atoms with E-state index in [4.69, 9.17) is 0 Å². The maximum Gasteiger partial charge on any atom is 0.245 e. The first kappa shape index (κ1) is 15.6. The molecule has 6 heteroatoms. The molecule has 2 N–H and O–H groups in total. The molecule has 20 heavy (non-hydrogen) atoms. The number of carbonyl (C=O) groups is 2. The fourth-order valence-corrected chi connectivity index (χ4v) is 3.66. The van der Waals surface area contributed by atoms with Crippen LogP contribution < -0.4 is 10.6 Å². The summed E-state index contributed by atoms with van der Waals surface area (Å²) in [4.78, 5) is 25.4. The van der Waals surface area contributed by atoms with Gasteiger partial charge in [0.1, 0.15) is 6.04 Å². The molecule has 114 valence electrons. The van der Waals surface area contributed by atoms with Gasteiger partial charge in [0.2, 0.25) is 11.8 Å². The van der Waals surface area contributed by atoms with Gasteiger partial charge in [-0.25, -0.2) is 0 Å². The maximum absolute atomic E-state index is 12.3. The van der Waals surface area contributed by atoms with Crippen molar-refractivity contribution in [2.45, 2.75) is 50.6 Å². The number of nitrogens with one attached hydrogen (secondary N) is 2. The van der Waals surface area contributed by atoms with E-state index in [1.165, 1.54) is 12.8 Å². The summed E-state index contributed by atoms with van der Waals surface area (Å²) in [5.74, 6) is 0.872. The molecule has 3 aliphatic heterocycles. The van der Waals surface area contributed by atoms with Gasteiger partial charge in [-0.05, 0) is 44.6 Å². The Hall–Kier alpha value is -0.810. The summed E-state index contributed by atoms with van der Waals surface area (Å²) in [6, 6.07) is 0.414. The average molecular weight is 302 g/mol. The van der Waals surface area contributed by atoms with Crippen molar-refractivity contribution in [2.24, 2.45) is 5.92 Å². The van der Waals surface area contributed by atoms with Crippen molar-refractivity contribution in [3.63, 3.8) is 0 Å². The van der Waals surface area contributed by atoms with Crippen LogP contribution in [0.2, 0.25) is 0 Å². The Morgan fingerprint density at radius 1 is 1.15 bits per heavy atom. The van der Waals surface area contributed by atoms with E-state index < -0.39 is 0 Å². The van der Waals surface area contributed by atoms with E-state index in [9.17, 15) is 9.59 Å². The second kappa shape index (κ2) is 6.76. The van der Waals surface area contributed by atoms with Crippen LogP contribution in [0.3, 0.4) is 0 Å². The molecule has 5 nitrogen and oxygen atoms in total. The molecule has 3 aliphatic rings. The highest BCUT2D eigenvalue weighted by Crippen LogP contribution is 2.26. The van der Waals surface area contributed by atoms with Crippen molar-refractivity contribution >= 4 is 24.2 Å². The predicted octanol–water partition coefficient (Wildman–Crippen LogP) is 0.677. The first-order chi connectivity index (χ1) is 9.24. The van der Waals surface area contributed by atoms with Crippen molar-refractivity contribution in [3.8, 4) is 0 Å². The van der Waals surface area contributed by atoms with Crippen LogP contribution in [0.4, 0.5) is 0 Å². The molecule has 0 bridgehead atoms. The number of hydrogen-bond donors (Lipinski definition) is 2. The Kier molecular flexibility index (Phi) is 5.27. The van der Waals surface area contributed by atoms with Crippen LogP contribution >= 0.6 is 12.4 Å². The first-order valence-electron chi connectivity index (χ1n) is 7.55. The molecule has 0 aromatic heterocycles. The largest absolute Gasteiger partial charge is 0.344 e. The lowest BCUT2D eigenvalue weighted by Gasteiger charge is -2.36. The van der Waals surface area contributed by atoms with E-state index in [0.717, 1.165) is 38.4 Å². The van der Waals surface area contributed by atoms with Gasteiger partial charge in [-0.1, -0.05) is 0 Å². The van der Waals surface area contributed by atoms with Crippen molar-refractivity contribution in [3.05, 3.63) is 0 Å². The highest BCUT2D eigenvalue weighted by atomic mass is 35.5. The molecule has 0 radical (unpaired) electrons. The lowest BCUT2D eigenvalue weighted by Crippen LogP contribution is -2.49. The van der Waals surface area contributed by atoms with Crippen molar-refractivity contribution in [2.75, 3.05) is 19.6 Å². The molecule has 0 aromatic rings. The lowest BCUT2D eigenvalue weighted by atomic mass is 9.88. The molecular formula is C14H24ClN3O2. The van der Waals surface area contributed by atoms with Gasteiger partial charge in [0.25, 0.3) is 0 Å². The van der Waals surface area contributed by atoms with Gasteiger partial charge in [0.05, 0.1) is 0 Å². The third kappa shape index (κ3) is 3.26. The minimum absolute atomic E-state index is 0. The number of rotatable bonds is 2. The molecule has 0 spiro atoms. The summed E-state index contributed by atoms with van der Waals surface area (Å²) in [5, 5.41) is 6.35. The second-order valence-electron chi connectivity index (χ2n) is 6.02. The highest BCUT2D eigenvalue weighted by Gasteiger charge is 2.34. The average Bonchev–Trinajstić information content (AvgIpc) is 3.09. The number of nitrogens with zero attached hydrogens (tertiary/aromatic N) is 1. The minimum atomic E-state index is -0.256. The van der Waals surface area contributed by atoms with Gasteiger partial charge in [-0.2, -0.15) is 0 Å². The fraction of sp³-hybridized carbons (Fsp3) is 0.857. The van der Waals surface area contributed by atoms with Crippen LogP contribution in [0.15, 0.2) is 0 Å². The molecule has 0 aliphatic carbocycles. The molecule has 3 saturated heterocycles.